The molecule has 1 fully saturated rings. The zero-order chi connectivity index (χ0) is 16.1. The topological polar surface area (TPSA) is 55.2 Å². The third-order valence-corrected chi connectivity index (χ3v) is 4.61. The summed E-state index contributed by atoms with van der Waals surface area (Å²) in [4.78, 5) is 11.1. The highest BCUT2D eigenvalue weighted by Gasteiger charge is 2.18. The molecule has 0 atom stereocenters. The molecular weight excluding hydrogens is 288 g/mol. The molecule has 0 spiro atoms. The maximum Gasteiger partial charge on any atom is 0.292 e. The first kappa shape index (κ1) is 15.5. The average Bonchev–Trinajstić information content (AvgIpc) is 2.61. The van der Waals surface area contributed by atoms with Crippen LogP contribution in [0.1, 0.15) is 32.1 Å². The summed E-state index contributed by atoms with van der Waals surface area (Å²) in [7, 11) is 0. The Morgan fingerprint density at radius 2 is 1.74 bits per heavy atom. The minimum absolute atomic E-state index is 0.155. The number of hydrogen-bond donors (Lipinski definition) is 1. The van der Waals surface area contributed by atoms with E-state index in [9.17, 15) is 10.1 Å². The van der Waals surface area contributed by atoms with Gasteiger partial charge in [-0.3, -0.25) is 10.1 Å². The van der Waals surface area contributed by atoms with Crippen molar-refractivity contribution < 1.29 is 4.92 Å². The van der Waals surface area contributed by atoms with E-state index in [2.05, 4.69) is 5.32 Å². The van der Waals surface area contributed by atoms with Crippen molar-refractivity contribution in [2.24, 2.45) is 5.92 Å². The predicted molar refractivity (Wildman–Crippen MR) is 93.6 cm³/mol. The van der Waals surface area contributed by atoms with Crippen LogP contribution in [-0.4, -0.2) is 11.5 Å². The molecular formula is C19H22N2O2. The van der Waals surface area contributed by atoms with Crippen molar-refractivity contribution in [1.82, 2.24) is 0 Å². The van der Waals surface area contributed by atoms with Crippen LogP contribution in [0.4, 0.5) is 11.4 Å². The summed E-state index contributed by atoms with van der Waals surface area (Å²) in [5.41, 5.74) is 2.65. The number of hydrogen-bond acceptors (Lipinski definition) is 3. The first-order valence-corrected chi connectivity index (χ1v) is 8.32. The van der Waals surface area contributed by atoms with Crippen molar-refractivity contribution in [2.75, 3.05) is 11.9 Å². The molecule has 0 amide bonds. The van der Waals surface area contributed by atoms with Gasteiger partial charge >= 0.3 is 0 Å². The third kappa shape index (κ3) is 3.89. The van der Waals surface area contributed by atoms with Gasteiger partial charge in [0.05, 0.1) is 4.92 Å². The van der Waals surface area contributed by atoms with Crippen LogP contribution in [0.25, 0.3) is 11.1 Å². The summed E-state index contributed by atoms with van der Waals surface area (Å²) in [6.45, 7) is 0.825. The van der Waals surface area contributed by atoms with Gasteiger partial charge in [-0.1, -0.05) is 55.7 Å². The smallest absolute Gasteiger partial charge is 0.292 e. The van der Waals surface area contributed by atoms with Crippen LogP contribution < -0.4 is 5.32 Å². The number of nitro benzene ring substituents is 1. The van der Waals surface area contributed by atoms with E-state index in [1.165, 1.54) is 32.1 Å². The lowest BCUT2D eigenvalue weighted by Gasteiger charge is -2.22. The molecule has 0 bridgehead atoms. The van der Waals surface area contributed by atoms with E-state index < -0.39 is 0 Å². The molecule has 4 nitrogen and oxygen atoms in total. The van der Waals surface area contributed by atoms with Crippen LogP contribution in [0.5, 0.6) is 0 Å². The summed E-state index contributed by atoms with van der Waals surface area (Å²) in [5.74, 6) is 0.636. The monoisotopic (exact) mass is 310 g/mol. The Bertz CT molecular complexity index is 664. The lowest BCUT2D eigenvalue weighted by molar-refractivity contribution is -0.383. The number of rotatable bonds is 5. The van der Waals surface area contributed by atoms with Crippen molar-refractivity contribution in [3.8, 4) is 11.1 Å². The Kier molecular flexibility index (Phi) is 4.91. The largest absolute Gasteiger partial charge is 0.379 e. The Morgan fingerprint density at radius 1 is 1.00 bits per heavy atom. The van der Waals surface area contributed by atoms with Gasteiger partial charge in [-0.25, -0.2) is 0 Å². The molecule has 1 aliphatic carbocycles. The lowest BCUT2D eigenvalue weighted by atomic mass is 9.89. The Labute approximate surface area is 136 Å². The summed E-state index contributed by atoms with van der Waals surface area (Å²) < 4.78 is 0. The first-order valence-electron chi connectivity index (χ1n) is 8.32. The number of nitrogens with zero attached hydrogens (tertiary/aromatic N) is 1. The molecule has 0 saturated heterocycles. The molecule has 0 radical (unpaired) electrons. The molecule has 23 heavy (non-hydrogen) atoms. The van der Waals surface area contributed by atoms with Crippen LogP contribution in [0.3, 0.4) is 0 Å². The molecule has 0 aromatic heterocycles. The van der Waals surface area contributed by atoms with Gasteiger partial charge in [0.15, 0.2) is 0 Å². The first-order chi connectivity index (χ1) is 11.2. The minimum Gasteiger partial charge on any atom is -0.379 e. The van der Waals surface area contributed by atoms with Crippen molar-refractivity contribution in [3.63, 3.8) is 0 Å². The number of benzene rings is 2. The van der Waals surface area contributed by atoms with Crippen LogP contribution >= 0.6 is 0 Å². The lowest BCUT2D eigenvalue weighted by Crippen LogP contribution is -2.17. The second-order valence-corrected chi connectivity index (χ2v) is 6.24. The molecule has 0 heterocycles. The fourth-order valence-electron chi connectivity index (χ4n) is 3.29. The van der Waals surface area contributed by atoms with Gasteiger partial charge in [-0.05, 0) is 36.0 Å². The highest BCUT2D eigenvalue weighted by molar-refractivity contribution is 5.73. The van der Waals surface area contributed by atoms with Crippen LogP contribution in [-0.2, 0) is 0 Å². The van der Waals surface area contributed by atoms with Gasteiger partial charge < -0.3 is 5.32 Å². The maximum atomic E-state index is 11.4. The van der Waals surface area contributed by atoms with Crippen LogP contribution in [0.2, 0.25) is 0 Å². The van der Waals surface area contributed by atoms with Gasteiger partial charge in [0.25, 0.3) is 5.69 Å². The Morgan fingerprint density at radius 3 is 2.43 bits per heavy atom. The third-order valence-electron chi connectivity index (χ3n) is 4.61. The summed E-state index contributed by atoms with van der Waals surface area (Å²) in [6, 6.07) is 15.2. The molecule has 2 aromatic rings. The molecule has 3 rings (SSSR count). The van der Waals surface area contributed by atoms with E-state index in [1.54, 1.807) is 6.07 Å². The molecule has 4 heteroatoms. The van der Waals surface area contributed by atoms with Crippen molar-refractivity contribution in [1.29, 1.82) is 0 Å². The van der Waals surface area contributed by atoms with Gasteiger partial charge in [-0.2, -0.15) is 0 Å². The number of nitro groups is 1. The molecule has 1 aliphatic rings. The zero-order valence-electron chi connectivity index (χ0n) is 13.2. The predicted octanol–water partition coefficient (Wildman–Crippen LogP) is 5.25. The summed E-state index contributed by atoms with van der Waals surface area (Å²) in [6.07, 6.45) is 6.33. The second kappa shape index (κ2) is 7.27. The van der Waals surface area contributed by atoms with Crippen molar-refractivity contribution >= 4 is 11.4 Å². The van der Waals surface area contributed by atoms with Crippen molar-refractivity contribution in [3.05, 3.63) is 58.6 Å². The van der Waals surface area contributed by atoms with Crippen molar-refractivity contribution in [2.45, 2.75) is 32.1 Å². The van der Waals surface area contributed by atoms with E-state index in [1.807, 2.05) is 42.5 Å². The standard InChI is InChI=1S/C19H22N2O2/c22-21(23)19-13-17(16-9-5-2-6-10-16)11-12-18(19)20-14-15-7-3-1-4-8-15/h2,5-6,9-13,15,20H,1,3-4,7-8,14H2. The number of anilines is 1. The highest BCUT2D eigenvalue weighted by Crippen LogP contribution is 2.31. The van der Waals surface area contributed by atoms with Gasteiger partial charge in [0.1, 0.15) is 5.69 Å². The molecule has 1 N–H and O–H groups in total. The average molecular weight is 310 g/mol. The van der Waals surface area contributed by atoms with E-state index in [0.29, 0.717) is 11.6 Å². The summed E-state index contributed by atoms with van der Waals surface area (Å²) in [5, 5.41) is 14.7. The fraction of sp³-hybridized carbons (Fsp3) is 0.368. The highest BCUT2D eigenvalue weighted by atomic mass is 16.6. The quantitative estimate of drug-likeness (QED) is 0.606. The molecule has 1 saturated carbocycles. The van der Waals surface area contributed by atoms with E-state index in [0.717, 1.165) is 17.7 Å². The number of nitrogens with one attached hydrogen (secondary N) is 1. The Balaban J connectivity index is 1.78. The van der Waals surface area contributed by atoms with Crippen LogP contribution in [0.15, 0.2) is 48.5 Å². The minimum atomic E-state index is -0.296. The molecule has 2 aromatic carbocycles. The van der Waals surface area contributed by atoms with E-state index >= 15 is 0 Å². The SMILES string of the molecule is O=[N+]([O-])c1cc(-c2ccccc2)ccc1NCC1CCCCC1. The molecule has 0 aliphatic heterocycles. The second-order valence-electron chi connectivity index (χ2n) is 6.24. The zero-order valence-corrected chi connectivity index (χ0v) is 13.2. The Hall–Kier alpha value is -2.36. The fourth-order valence-corrected chi connectivity index (χ4v) is 3.29. The van der Waals surface area contributed by atoms with Gasteiger partial charge in [0, 0.05) is 12.6 Å². The van der Waals surface area contributed by atoms with Crippen LogP contribution in [0, 0.1) is 16.0 Å². The van der Waals surface area contributed by atoms with E-state index in [-0.39, 0.29) is 10.6 Å². The normalized spacial score (nSPS) is 15.3. The molecule has 120 valence electrons. The van der Waals surface area contributed by atoms with Gasteiger partial charge in [-0.15, -0.1) is 0 Å². The maximum absolute atomic E-state index is 11.4. The summed E-state index contributed by atoms with van der Waals surface area (Å²) >= 11 is 0. The van der Waals surface area contributed by atoms with E-state index in [4.69, 9.17) is 0 Å². The van der Waals surface area contributed by atoms with Gasteiger partial charge in [0.2, 0.25) is 0 Å². The molecule has 0 unspecified atom stereocenters.